The molecule has 0 saturated carbocycles. The highest BCUT2D eigenvalue weighted by Crippen LogP contribution is 2.21. The Labute approximate surface area is 124 Å². The van der Waals surface area contributed by atoms with E-state index in [-0.39, 0.29) is 11.1 Å². The van der Waals surface area contributed by atoms with Crippen molar-refractivity contribution in [3.05, 3.63) is 51.6 Å². The van der Waals surface area contributed by atoms with Crippen molar-refractivity contribution in [1.29, 1.82) is 0 Å². The number of pyridine rings is 1. The summed E-state index contributed by atoms with van der Waals surface area (Å²) < 4.78 is 2.84. The Morgan fingerprint density at radius 3 is 2.79 bits per heavy atom. The minimum absolute atomic E-state index is 0.100. The number of rotatable bonds is 3. The molecule has 2 aromatic heterocycles. The molecule has 0 aliphatic carbocycles. The summed E-state index contributed by atoms with van der Waals surface area (Å²) in [6.45, 7) is 1.95. The summed E-state index contributed by atoms with van der Waals surface area (Å²) in [5, 5.41) is 8.46. The Morgan fingerprint density at radius 1 is 1.37 bits per heavy atom. The standard InChI is InChI=1S/C12H13BrClN5/c1-7(9(15)3-4-10(14)16)12-18-17-11-5-2-8(13)6-19(11)12/h2-7H,15-16H2,1H3/b9-3-,10-4-. The highest BCUT2D eigenvalue weighted by atomic mass is 79.9. The Bertz CT molecular complexity index is 657. The Kier molecular flexibility index (Phi) is 4.11. The van der Waals surface area contributed by atoms with Crippen molar-refractivity contribution >= 4 is 33.2 Å². The highest BCUT2D eigenvalue weighted by molar-refractivity contribution is 9.10. The van der Waals surface area contributed by atoms with E-state index >= 15 is 0 Å². The van der Waals surface area contributed by atoms with Crippen LogP contribution in [0.1, 0.15) is 18.7 Å². The maximum atomic E-state index is 6.00. The predicted molar refractivity (Wildman–Crippen MR) is 79.5 cm³/mol. The van der Waals surface area contributed by atoms with Crippen LogP contribution in [-0.4, -0.2) is 14.6 Å². The van der Waals surface area contributed by atoms with Crippen molar-refractivity contribution in [3.8, 4) is 0 Å². The van der Waals surface area contributed by atoms with Crippen LogP contribution in [0.4, 0.5) is 0 Å². The molecule has 0 bridgehead atoms. The average Bonchev–Trinajstić information content (AvgIpc) is 2.77. The molecular formula is C12H13BrClN5. The molecule has 2 rings (SSSR count). The Hall–Kier alpha value is -1.53. The fourth-order valence-corrected chi connectivity index (χ4v) is 2.05. The number of allylic oxidation sites excluding steroid dienone is 3. The summed E-state index contributed by atoms with van der Waals surface area (Å²) in [5.41, 5.74) is 12.7. The molecule has 5 nitrogen and oxygen atoms in total. The summed E-state index contributed by atoms with van der Waals surface area (Å²) >= 11 is 8.99. The van der Waals surface area contributed by atoms with Crippen LogP contribution in [0.15, 0.2) is 45.8 Å². The number of nitrogens with two attached hydrogens (primary N) is 2. The number of nitrogens with zero attached hydrogens (tertiary/aromatic N) is 3. The molecule has 4 N–H and O–H groups in total. The normalized spacial score (nSPS) is 14.9. The summed E-state index contributed by atoms with van der Waals surface area (Å²) in [4.78, 5) is 0. The van der Waals surface area contributed by atoms with Crippen LogP contribution >= 0.6 is 27.5 Å². The van der Waals surface area contributed by atoms with E-state index in [9.17, 15) is 0 Å². The van der Waals surface area contributed by atoms with Gasteiger partial charge in [0.1, 0.15) is 5.82 Å². The Morgan fingerprint density at radius 2 is 2.11 bits per heavy atom. The van der Waals surface area contributed by atoms with Crippen LogP contribution in [0, 0.1) is 0 Å². The van der Waals surface area contributed by atoms with Gasteiger partial charge in [0, 0.05) is 16.4 Å². The third-order valence-electron chi connectivity index (χ3n) is 2.71. The smallest absolute Gasteiger partial charge is 0.160 e. The van der Waals surface area contributed by atoms with Gasteiger partial charge in [0.2, 0.25) is 0 Å². The van der Waals surface area contributed by atoms with Crippen LogP contribution < -0.4 is 11.5 Å². The molecule has 19 heavy (non-hydrogen) atoms. The lowest BCUT2D eigenvalue weighted by atomic mass is 10.1. The van der Waals surface area contributed by atoms with E-state index in [2.05, 4.69) is 26.1 Å². The maximum absolute atomic E-state index is 6.00. The second-order valence-corrected chi connectivity index (χ2v) is 5.43. The van der Waals surface area contributed by atoms with Gasteiger partial charge in [-0.3, -0.25) is 4.40 Å². The number of hydrogen-bond donors (Lipinski definition) is 2. The van der Waals surface area contributed by atoms with Gasteiger partial charge in [0.15, 0.2) is 5.65 Å². The zero-order chi connectivity index (χ0) is 14.0. The molecule has 0 aliphatic heterocycles. The van der Waals surface area contributed by atoms with Gasteiger partial charge in [-0.15, -0.1) is 10.2 Å². The predicted octanol–water partition coefficient (Wildman–Crippen LogP) is 2.48. The van der Waals surface area contributed by atoms with Gasteiger partial charge >= 0.3 is 0 Å². The van der Waals surface area contributed by atoms with E-state index < -0.39 is 0 Å². The molecule has 7 heteroatoms. The number of halogens is 2. The van der Waals surface area contributed by atoms with Crippen LogP contribution in [0.5, 0.6) is 0 Å². The second-order valence-electron chi connectivity index (χ2n) is 4.07. The minimum atomic E-state index is -0.100. The monoisotopic (exact) mass is 341 g/mol. The molecule has 1 atom stereocenters. The van der Waals surface area contributed by atoms with Gasteiger partial charge in [-0.25, -0.2) is 0 Å². The van der Waals surface area contributed by atoms with Gasteiger partial charge in [0.05, 0.1) is 11.1 Å². The largest absolute Gasteiger partial charge is 0.401 e. The SMILES string of the molecule is CC(/C(N)=C/C=C(\N)Cl)c1nnc2ccc(Br)cn12. The lowest BCUT2D eigenvalue weighted by Crippen LogP contribution is -2.10. The third kappa shape index (κ3) is 3.08. The molecule has 0 radical (unpaired) electrons. The van der Waals surface area contributed by atoms with Gasteiger partial charge in [-0.1, -0.05) is 11.6 Å². The first-order chi connectivity index (χ1) is 8.99. The average molecular weight is 343 g/mol. The molecule has 0 aromatic carbocycles. The van der Waals surface area contributed by atoms with Crippen LogP contribution in [0.3, 0.4) is 0 Å². The molecule has 0 saturated heterocycles. The quantitative estimate of drug-likeness (QED) is 0.663. The highest BCUT2D eigenvalue weighted by Gasteiger charge is 2.15. The summed E-state index contributed by atoms with van der Waals surface area (Å²) in [5.74, 6) is 0.656. The van der Waals surface area contributed by atoms with Crippen molar-refractivity contribution in [1.82, 2.24) is 14.6 Å². The van der Waals surface area contributed by atoms with Crippen molar-refractivity contribution in [2.45, 2.75) is 12.8 Å². The van der Waals surface area contributed by atoms with E-state index in [1.54, 1.807) is 12.2 Å². The van der Waals surface area contributed by atoms with E-state index in [0.29, 0.717) is 5.70 Å². The van der Waals surface area contributed by atoms with E-state index in [1.165, 1.54) is 0 Å². The lowest BCUT2D eigenvalue weighted by Gasteiger charge is -2.10. The van der Waals surface area contributed by atoms with Crippen LogP contribution in [-0.2, 0) is 0 Å². The number of hydrogen-bond acceptors (Lipinski definition) is 4. The first-order valence-electron chi connectivity index (χ1n) is 5.57. The lowest BCUT2D eigenvalue weighted by molar-refractivity contribution is 0.772. The van der Waals surface area contributed by atoms with Gasteiger partial charge in [-0.2, -0.15) is 0 Å². The molecule has 0 aliphatic rings. The van der Waals surface area contributed by atoms with Crippen LogP contribution in [0.2, 0.25) is 0 Å². The number of fused-ring (bicyclic) bond motifs is 1. The van der Waals surface area contributed by atoms with Crippen molar-refractivity contribution in [2.75, 3.05) is 0 Å². The molecular weight excluding hydrogens is 330 g/mol. The molecule has 2 aromatic rings. The van der Waals surface area contributed by atoms with Gasteiger partial charge < -0.3 is 11.5 Å². The topological polar surface area (TPSA) is 82.2 Å². The second kappa shape index (κ2) is 5.63. The molecule has 1 unspecified atom stereocenters. The van der Waals surface area contributed by atoms with Crippen LogP contribution in [0.25, 0.3) is 5.65 Å². The molecule has 2 heterocycles. The summed E-state index contributed by atoms with van der Waals surface area (Å²) in [6.07, 6.45) is 5.12. The minimum Gasteiger partial charge on any atom is -0.401 e. The van der Waals surface area contributed by atoms with Crippen molar-refractivity contribution in [2.24, 2.45) is 11.5 Å². The van der Waals surface area contributed by atoms with Crippen molar-refractivity contribution in [3.63, 3.8) is 0 Å². The zero-order valence-corrected chi connectivity index (χ0v) is 12.6. The number of aromatic nitrogens is 3. The Balaban J connectivity index is 2.41. The first-order valence-corrected chi connectivity index (χ1v) is 6.74. The maximum Gasteiger partial charge on any atom is 0.160 e. The van der Waals surface area contributed by atoms with Crippen molar-refractivity contribution < 1.29 is 0 Å². The van der Waals surface area contributed by atoms with Gasteiger partial charge in [0.25, 0.3) is 0 Å². The molecule has 0 spiro atoms. The first kappa shape index (κ1) is 13.9. The summed E-state index contributed by atoms with van der Waals surface area (Å²) in [7, 11) is 0. The van der Waals surface area contributed by atoms with E-state index in [1.807, 2.05) is 29.7 Å². The van der Waals surface area contributed by atoms with E-state index in [4.69, 9.17) is 23.1 Å². The third-order valence-corrected chi connectivity index (χ3v) is 3.31. The molecule has 100 valence electrons. The fourth-order valence-electron chi connectivity index (χ4n) is 1.65. The van der Waals surface area contributed by atoms with Gasteiger partial charge in [-0.05, 0) is 47.1 Å². The van der Waals surface area contributed by atoms with E-state index in [0.717, 1.165) is 15.9 Å². The zero-order valence-electron chi connectivity index (χ0n) is 10.2. The molecule has 0 amide bonds. The molecule has 0 fully saturated rings. The fraction of sp³-hybridized carbons (Fsp3) is 0.167. The summed E-state index contributed by atoms with van der Waals surface area (Å²) in [6, 6.07) is 3.79.